The standard InChI is InChI=1S/C14H20BrNS/c15-9-10-16(13-5-4-6-13)11-12-17-14-7-2-1-3-8-14/h1-3,7-8,13H,4-6,9-12H2. The Bertz CT molecular complexity index is 313. The molecule has 0 aliphatic heterocycles. The van der Waals surface area contributed by atoms with E-state index in [1.54, 1.807) is 0 Å². The third-order valence-electron chi connectivity index (χ3n) is 3.35. The summed E-state index contributed by atoms with van der Waals surface area (Å²) in [4.78, 5) is 4.04. The summed E-state index contributed by atoms with van der Waals surface area (Å²) < 4.78 is 0. The maximum absolute atomic E-state index is 3.56. The average molecular weight is 314 g/mol. The van der Waals surface area contributed by atoms with Crippen molar-refractivity contribution in [3.8, 4) is 0 Å². The molecule has 0 spiro atoms. The van der Waals surface area contributed by atoms with Gasteiger partial charge >= 0.3 is 0 Å². The molecule has 3 heteroatoms. The Kier molecular flexibility index (Phi) is 5.89. The topological polar surface area (TPSA) is 3.24 Å². The number of alkyl halides is 1. The van der Waals surface area contributed by atoms with Gasteiger partial charge in [0.1, 0.15) is 0 Å². The smallest absolute Gasteiger partial charge is 0.0159 e. The zero-order valence-electron chi connectivity index (χ0n) is 10.1. The molecule has 1 aromatic carbocycles. The first-order valence-corrected chi connectivity index (χ1v) is 8.48. The van der Waals surface area contributed by atoms with Gasteiger partial charge in [0.05, 0.1) is 0 Å². The summed E-state index contributed by atoms with van der Waals surface area (Å²) >= 11 is 5.53. The van der Waals surface area contributed by atoms with Crippen LogP contribution in [0.15, 0.2) is 35.2 Å². The van der Waals surface area contributed by atoms with Crippen molar-refractivity contribution in [2.75, 3.05) is 24.2 Å². The molecule has 0 N–H and O–H groups in total. The van der Waals surface area contributed by atoms with Gasteiger partial charge in [0.15, 0.2) is 0 Å². The van der Waals surface area contributed by atoms with Crippen molar-refractivity contribution < 1.29 is 0 Å². The summed E-state index contributed by atoms with van der Waals surface area (Å²) in [6, 6.07) is 11.6. The number of benzene rings is 1. The Morgan fingerprint density at radius 2 is 1.94 bits per heavy atom. The molecule has 1 saturated carbocycles. The average Bonchev–Trinajstić information content (AvgIpc) is 2.28. The monoisotopic (exact) mass is 313 g/mol. The minimum atomic E-state index is 0.865. The first-order valence-electron chi connectivity index (χ1n) is 6.38. The van der Waals surface area contributed by atoms with Crippen molar-refractivity contribution >= 4 is 27.7 Å². The van der Waals surface area contributed by atoms with Crippen LogP contribution in [0, 0.1) is 0 Å². The fourth-order valence-electron chi connectivity index (χ4n) is 2.13. The molecule has 2 rings (SSSR count). The van der Waals surface area contributed by atoms with Crippen LogP contribution >= 0.6 is 27.7 Å². The highest BCUT2D eigenvalue weighted by molar-refractivity contribution is 9.09. The van der Waals surface area contributed by atoms with Crippen molar-refractivity contribution in [3.05, 3.63) is 30.3 Å². The van der Waals surface area contributed by atoms with Gasteiger partial charge < -0.3 is 0 Å². The maximum Gasteiger partial charge on any atom is 0.0159 e. The molecule has 0 saturated heterocycles. The fourth-order valence-corrected chi connectivity index (χ4v) is 3.50. The Labute approximate surface area is 117 Å². The van der Waals surface area contributed by atoms with E-state index >= 15 is 0 Å². The van der Waals surface area contributed by atoms with E-state index in [9.17, 15) is 0 Å². The van der Waals surface area contributed by atoms with Gasteiger partial charge in [-0.05, 0) is 25.0 Å². The van der Waals surface area contributed by atoms with Crippen molar-refractivity contribution in [3.63, 3.8) is 0 Å². The van der Waals surface area contributed by atoms with Crippen LogP contribution in [0.25, 0.3) is 0 Å². The molecule has 0 unspecified atom stereocenters. The summed E-state index contributed by atoms with van der Waals surface area (Å²) in [6.07, 6.45) is 4.24. The normalized spacial score (nSPS) is 16.1. The van der Waals surface area contributed by atoms with Crippen LogP contribution < -0.4 is 0 Å². The third-order valence-corrected chi connectivity index (χ3v) is 4.70. The molecule has 0 bridgehead atoms. The maximum atomic E-state index is 3.56. The van der Waals surface area contributed by atoms with Crippen LogP contribution in [-0.2, 0) is 0 Å². The summed E-state index contributed by atoms with van der Waals surface area (Å²) in [6.45, 7) is 2.41. The van der Waals surface area contributed by atoms with Crippen LogP contribution in [0.3, 0.4) is 0 Å². The van der Waals surface area contributed by atoms with Crippen molar-refractivity contribution in [1.29, 1.82) is 0 Å². The van der Waals surface area contributed by atoms with Gasteiger partial charge in [-0.2, -0.15) is 0 Å². The van der Waals surface area contributed by atoms with E-state index in [0.29, 0.717) is 0 Å². The molecule has 0 aromatic heterocycles. The van der Waals surface area contributed by atoms with E-state index in [1.165, 1.54) is 43.0 Å². The van der Waals surface area contributed by atoms with Crippen LogP contribution in [-0.4, -0.2) is 35.1 Å². The van der Waals surface area contributed by atoms with Crippen molar-refractivity contribution in [2.45, 2.75) is 30.2 Å². The zero-order valence-corrected chi connectivity index (χ0v) is 12.5. The van der Waals surface area contributed by atoms with E-state index in [4.69, 9.17) is 0 Å². The molecule has 0 atom stereocenters. The quantitative estimate of drug-likeness (QED) is 0.552. The minimum Gasteiger partial charge on any atom is -0.299 e. The van der Waals surface area contributed by atoms with Gasteiger partial charge in [0, 0.05) is 35.1 Å². The minimum absolute atomic E-state index is 0.865. The van der Waals surface area contributed by atoms with E-state index in [-0.39, 0.29) is 0 Å². The first kappa shape index (κ1) is 13.4. The molecular formula is C14H20BrNS. The highest BCUT2D eigenvalue weighted by atomic mass is 79.9. The molecule has 0 radical (unpaired) electrons. The summed E-state index contributed by atoms with van der Waals surface area (Å²) in [5.74, 6) is 1.20. The van der Waals surface area contributed by atoms with Crippen LogP contribution in [0.1, 0.15) is 19.3 Å². The number of hydrogen-bond donors (Lipinski definition) is 0. The van der Waals surface area contributed by atoms with Gasteiger partial charge in [-0.1, -0.05) is 40.5 Å². The third kappa shape index (κ3) is 4.31. The zero-order chi connectivity index (χ0) is 11.9. The van der Waals surface area contributed by atoms with Gasteiger partial charge in [0.25, 0.3) is 0 Å². The molecule has 1 aliphatic rings. The van der Waals surface area contributed by atoms with E-state index in [1.807, 2.05) is 11.8 Å². The summed E-state index contributed by atoms with van der Waals surface area (Å²) in [5, 5.41) is 1.10. The Hall–Kier alpha value is 0.0100. The number of rotatable bonds is 7. The highest BCUT2D eigenvalue weighted by Gasteiger charge is 2.23. The predicted molar refractivity (Wildman–Crippen MR) is 80.2 cm³/mol. The second-order valence-corrected chi connectivity index (χ2v) is 6.43. The number of nitrogens with zero attached hydrogens (tertiary/aromatic N) is 1. The molecule has 0 amide bonds. The second-order valence-electron chi connectivity index (χ2n) is 4.47. The lowest BCUT2D eigenvalue weighted by Gasteiger charge is -2.37. The van der Waals surface area contributed by atoms with Gasteiger partial charge in [-0.15, -0.1) is 11.8 Å². The Balaban J connectivity index is 1.71. The lowest BCUT2D eigenvalue weighted by molar-refractivity contribution is 0.144. The van der Waals surface area contributed by atoms with Crippen molar-refractivity contribution in [2.24, 2.45) is 0 Å². The van der Waals surface area contributed by atoms with Crippen molar-refractivity contribution in [1.82, 2.24) is 4.90 Å². The predicted octanol–water partition coefficient (Wildman–Crippen LogP) is 4.03. The summed E-state index contributed by atoms with van der Waals surface area (Å²) in [5.41, 5.74) is 0. The second kappa shape index (κ2) is 7.45. The molecule has 0 heterocycles. The first-order chi connectivity index (χ1) is 8.40. The number of halogens is 1. The SMILES string of the molecule is BrCCN(CCSc1ccccc1)C1CCC1. The van der Waals surface area contributed by atoms with Gasteiger partial charge in [-0.25, -0.2) is 0 Å². The van der Waals surface area contributed by atoms with Crippen LogP contribution in [0.4, 0.5) is 0 Å². The van der Waals surface area contributed by atoms with Gasteiger partial charge in [0.2, 0.25) is 0 Å². The lowest BCUT2D eigenvalue weighted by Crippen LogP contribution is -2.42. The molecule has 1 fully saturated rings. The number of hydrogen-bond acceptors (Lipinski definition) is 2. The van der Waals surface area contributed by atoms with Crippen LogP contribution in [0.5, 0.6) is 0 Å². The lowest BCUT2D eigenvalue weighted by atomic mass is 9.91. The van der Waals surface area contributed by atoms with E-state index in [2.05, 4.69) is 51.2 Å². The molecular weight excluding hydrogens is 294 g/mol. The Morgan fingerprint density at radius 1 is 1.18 bits per heavy atom. The van der Waals surface area contributed by atoms with Gasteiger partial charge in [-0.3, -0.25) is 4.90 Å². The molecule has 1 aromatic rings. The molecule has 1 nitrogen and oxygen atoms in total. The largest absolute Gasteiger partial charge is 0.299 e. The molecule has 1 aliphatic carbocycles. The fraction of sp³-hybridized carbons (Fsp3) is 0.571. The molecule has 17 heavy (non-hydrogen) atoms. The highest BCUT2D eigenvalue weighted by Crippen LogP contribution is 2.25. The Morgan fingerprint density at radius 3 is 2.53 bits per heavy atom. The van der Waals surface area contributed by atoms with E-state index in [0.717, 1.165) is 11.4 Å². The van der Waals surface area contributed by atoms with Crippen LogP contribution in [0.2, 0.25) is 0 Å². The molecule has 94 valence electrons. The summed E-state index contributed by atoms with van der Waals surface area (Å²) in [7, 11) is 0. The number of thioether (sulfide) groups is 1. The van der Waals surface area contributed by atoms with E-state index < -0.39 is 0 Å².